The van der Waals surface area contributed by atoms with Crippen molar-refractivity contribution in [1.82, 2.24) is 34.9 Å². The minimum Gasteiger partial charge on any atom is -0.375 e. The minimum absolute atomic E-state index is 0.0965. The highest BCUT2D eigenvalue weighted by molar-refractivity contribution is 6.00. The van der Waals surface area contributed by atoms with E-state index < -0.39 is 29.3 Å². The number of nitrogens with zero attached hydrogens (tertiary/aromatic N) is 6. The smallest absolute Gasteiger partial charge is 0.329 e. The molecule has 5 fully saturated rings. The summed E-state index contributed by atoms with van der Waals surface area (Å²) in [6.07, 6.45) is 4.94. The maximum absolute atomic E-state index is 14.3. The van der Waals surface area contributed by atoms with Gasteiger partial charge in [-0.05, 0) is 130 Å². The maximum atomic E-state index is 14.3. The van der Waals surface area contributed by atoms with Crippen molar-refractivity contribution < 1.29 is 28.0 Å². The zero-order chi connectivity index (χ0) is 51.9. The van der Waals surface area contributed by atoms with Gasteiger partial charge in [0.1, 0.15) is 12.1 Å². The molecule has 4 amide bonds. The van der Waals surface area contributed by atoms with Gasteiger partial charge in [-0.3, -0.25) is 33.6 Å². The van der Waals surface area contributed by atoms with E-state index >= 15 is 0 Å². The number of fused-ring (bicyclic) bond motifs is 2. The standard InChI is InChI=1S/C57H64F2N10O5/c1-36-8-12-41(63-50-32-61-34-57(50,58)59)30-46(36)52(71)62-37(2)43-14-11-39(44-6-4-5-7-45(43)44)10-9-38-18-24-66(25-19-38)35-56(33-60)22-28-68(29-23-56)54(73)40-20-26-67(27-21-40)42-13-15-47-49(31-42)65(3)55(74)69(47)48-16-17-51(70)64-53(48)72/h4-8,11-15,30-31,37-38,40,48,50,61,63H,16-29,32,34-35H2,1-3H3,(H,62,71)(H,64,70,72)/t37-,48?,50+/m1/s1. The average molecular weight is 1010 g/mol. The number of benzene rings is 4. The molecule has 5 aliphatic rings. The Morgan fingerprint density at radius 3 is 2.32 bits per heavy atom. The second kappa shape index (κ2) is 20.7. The molecule has 74 heavy (non-hydrogen) atoms. The molecule has 0 bridgehead atoms. The lowest BCUT2D eigenvalue weighted by atomic mass is 9.78. The van der Waals surface area contributed by atoms with Crippen molar-refractivity contribution in [3.8, 4) is 17.9 Å². The van der Waals surface area contributed by atoms with Gasteiger partial charge in [0.25, 0.3) is 11.8 Å². The van der Waals surface area contributed by atoms with E-state index in [1.165, 1.54) is 4.57 Å². The summed E-state index contributed by atoms with van der Waals surface area (Å²) in [5, 5.41) is 23.7. The summed E-state index contributed by atoms with van der Waals surface area (Å²) in [7, 11) is 1.69. The van der Waals surface area contributed by atoms with Crippen molar-refractivity contribution in [2.75, 3.05) is 69.1 Å². The summed E-state index contributed by atoms with van der Waals surface area (Å²) in [5.74, 6) is 3.36. The molecule has 10 rings (SSSR count). The number of anilines is 2. The van der Waals surface area contributed by atoms with Gasteiger partial charge in [-0.1, -0.05) is 48.2 Å². The first-order chi connectivity index (χ1) is 35.6. The highest BCUT2D eigenvalue weighted by Crippen LogP contribution is 2.36. The zero-order valence-electron chi connectivity index (χ0n) is 42.3. The molecule has 17 heteroatoms. The molecule has 0 spiro atoms. The fraction of sp³-hybridized carbons (Fsp3) is 0.474. The number of halogens is 2. The average Bonchev–Trinajstić information content (AvgIpc) is 3.87. The van der Waals surface area contributed by atoms with Crippen LogP contribution in [0.4, 0.5) is 20.2 Å². The Bertz CT molecular complexity index is 3180. The first kappa shape index (κ1) is 50.5. The van der Waals surface area contributed by atoms with E-state index in [9.17, 15) is 38.0 Å². The fourth-order valence-electron chi connectivity index (χ4n) is 11.9. The van der Waals surface area contributed by atoms with Gasteiger partial charge in [0.2, 0.25) is 17.7 Å². The number of hydrogen-bond donors (Lipinski definition) is 4. The van der Waals surface area contributed by atoms with Gasteiger partial charge in [-0.2, -0.15) is 5.26 Å². The molecule has 5 aliphatic heterocycles. The quantitative estimate of drug-likeness (QED) is 0.0905. The normalized spacial score (nSPS) is 21.9. The summed E-state index contributed by atoms with van der Waals surface area (Å²) >= 11 is 0. The molecule has 0 radical (unpaired) electrons. The highest BCUT2D eigenvalue weighted by atomic mass is 19.3. The van der Waals surface area contributed by atoms with Crippen molar-refractivity contribution in [2.45, 2.75) is 89.3 Å². The number of alkyl halides is 2. The van der Waals surface area contributed by atoms with Gasteiger partial charge < -0.3 is 30.7 Å². The number of rotatable bonds is 10. The van der Waals surface area contributed by atoms with Crippen LogP contribution in [-0.4, -0.2) is 113 Å². The molecule has 1 aromatic heterocycles. The molecule has 4 aromatic carbocycles. The molecule has 4 N–H and O–H groups in total. The number of likely N-dealkylation sites (tertiary alicyclic amines) is 2. The van der Waals surface area contributed by atoms with Crippen LogP contribution < -0.4 is 31.9 Å². The molecule has 0 saturated carbocycles. The Morgan fingerprint density at radius 2 is 1.62 bits per heavy atom. The van der Waals surface area contributed by atoms with Crippen LogP contribution in [0.5, 0.6) is 0 Å². The SMILES string of the molecule is Cc1ccc(N[C@H]2CNCC2(F)F)cc1C(=O)N[C@H](C)c1ccc(C#CC2CCN(CC3(C#N)CCN(C(=O)C4CCN(c5ccc6c(c5)n(C)c(=O)n6C5CCC(=O)NC5=O)CC4)CC3)CC2)c2ccccc12. The van der Waals surface area contributed by atoms with Crippen LogP contribution in [0.3, 0.4) is 0 Å². The summed E-state index contributed by atoms with van der Waals surface area (Å²) in [6, 6.07) is 23.6. The van der Waals surface area contributed by atoms with E-state index in [1.807, 2.05) is 67.3 Å². The largest absolute Gasteiger partial charge is 0.375 e. The second-order valence-corrected chi connectivity index (χ2v) is 21.2. The van der Waals surface area contributed by atoms with E-state index in [0.29, 0.717) is 80.7 Å². The molecular weight excluding hydrogens is 943 g/mol. The topological polar surface area (TPSA) is 177 Å². The van der Waals surface area contributed by atoms with Crippen LogP contribution in [0.1, 0.15) is 97.4 Å². The Labute approximate surface area is 429 Å². The van der Waals surface area contributed by atoms with Gasteiger partial charge in [0.15, 0.2) is 0 Å². The number of carbonyl (C=O) groups excluding carboxylic acids is 4. The molecule has 386 valence electrons. The van der Waals surface area contributed by atoms with E-state index in [0.717, 1.165) is 59.1 Å². The zero-order valence-corrected chi connectivity index (χ0v) is 42.3. The molecule has 5 saturated heterocycles. The molecule has 6 heterocycles. The number of piperidine rings is 4. The Kier molecular flexibility index (Phi) is 14.1. The predicted molar refractivity (Wildman–Crippen MR) is 280 cm³/mol. The van der Waals surface area contributed by atoms with E-state index in [2.05, 4.69) is 55.0 Å². The number of nitriles is 1. The van der Waals surface area contributed by atoms with Crippen LogP contribution in [0.25, 0.3) is 21.8 Å². The van der Waals surface area contributed by atoms with Crippen molar-refractivity contribution >= 4 is 56.8 Å². The van der Waals surface area contributed by atoms with Crippen LogP contribution >= 0.6 is 0 Å². The molecule has 0 aliphatic carbocycles. The van der Waals surface area contributed by atoms with Crippen molar-refractivity contribution in [2.24, 2.45) is 24.3 Å². The number of aromatic nitrogens is 2. The van der Waals surface area contributed by atoms with Crippen molar-refractivity contribution in [3.05, 3.63) is 106 Å². The monoisotopic (exact) mass is 1010 g/mol. The molecule has 5 aromatic rings. The number of imidazole rings is 1. The van der Waals surface area contributed by atoms with Gasteiger partial charge in [-0.15, -0.1) is 0 Å². The number of carbonyl (C=O) groups is 4. The molecule has 3 atom stereocenters. The Morgan fingerprint density at radius 1 is 0.878 bits per heavy atom. The third-order valence-electron chi connectivity index (χ3n) is 16.4. The second-order valence-electron chi connectivity index (χ2n) is 21.2. The van der Waals surface area contributed by atoms with Crippen molar-refractivity contribution in [3.63, 3.8) is 0 Å². The highest BCUT2D eigenvalue weighted by Gasteiger charge is 2.44. The number of hydrogen-bond acceptors (Lipinski definition) is 10. The summed E-state index contributed by atoms with van der Waals surface area (Å²) in [5.41, 5.74) is 4.98. The molecule has 15 nitrogen and oxygen atoms in total. The fourth-order valence-corrected chi connectivity index (χ4v) is 11.9. The van der Waals surface area contributed by atoms with Gasteiger partial charge in [0, 0.05) is 87.1 Å². The van der Waals surface area contributed by atoms with Crippen LogP contribution in [0.15, 0.2) is 77.6 Å². The third kappa shape index (κ3) is 10.1. The predicted octanol–water partition coefficient (Wildman–Crippen LogP) is 6.40. The first-order valence-corrected chi connectivity index (χ1v) is 26.1. The molecule has 1 unspecified atom stereocenters. The number of aryl methyl sites for hydroxylation is 2. The van der Waals surface area contributed by atoms with Crippen LogP contribution in [-0.2, 0) is 21.4 Å². The lowest BCUT2D eigenvalue weighted by Crippen LogP contribution is -2.50. The minimum atomic E-state index is -2.89. The van der Waals surface area contributed by atoms with Gasteiger partial charge >= 0.3 is 5.69 Å². The number of nitrogens with one attached hydrogen (secondary N) is 4. The van der Waals surface area contributed by atoms with E-state index in [1.54, 1.807) is 29.8 Å². The Hall–Kier alpha value is -7.08. The van der Waals surface area contributed by atoms with Crippen LogP contribution in [0, 0.1) is 47.3 Å². The summed E-state index contributed by atoms with van der Waals surface area (Å²) in [6.45, 7) is 8.41. The summed E-state index contributed by atoms with van der Waals surface area (Å²) in [4.78, 5) is 71.9. The van der Waals surface area contributed by atoms with E-state index in [4.69, 9.17) is 0 Å². The van der Waals surface area contributed by atoms with Crippen LogP contribution in [0.2, 0.25) is 0 Å². The molecular formula is C57H64F2N10O5. The first-order valence-electron chi connectivity index (χ1n) is 26.1. The lowest BCUT2D eigenvalue weighted by molar-refractivity contribution is -0.138. The Balaban J connectivity index is 0.699. The number of amides is 4. The number of imide groups is 1. The van der Waals surface area contributed by atoms with Gasteiger partial charge in [-0.25, -0.2) is 13.6 Å². The van der Waals surface area contributed by atoms with E-state index in [-0.39, 0.29) is 67.2 Å². The lowest BCUT2D eigenvalue weighted by Gasteiger charge is -2.43. The summed E-state index contributed by atoms with van der Waals surface area (Å²) < 4.78 is 31.7. The third-order valence-corrected chi connectivity index (χ3v) is 16.4. The van der Waals surface area contributed by atoms with Gasteiger partial charge in [0.05, 0.1) is 35.1 Å². The maximum Gasteiger partial charge on any atom is 0.329 e. The van der Waals surface area contributed by atoms with Crippen molar-refractivity contribution in [1.29, 1.82) is 5.26 Å².